The van der Waals surface area contributed by atoms with E-state index in [1.165, 1.54) is 0 Å². The zero-order valence-electron chi connectivity index (χ0n) is 4.85. The highest BCUT2D eigenvalue weighted by molar-refractivity contribution is 4.91. The molecule has 0 spiro atoms. The van der Waals surface area contributed by atoms with Gasteiger partial charge in [-0.05, 0) is 13.0 Å². The third-order valence-corrected chi connectivity index (χ3v) is 1.59. The molecule has 1 rings (SSSR count). The van der Waals surface area contributed by atoms with Crippen LogP contribution in [0.15, 0.2) is 0 Å². The van der Waals surface area contributed by atoms with Gasteiger partial charge in [-0.2, -0.15) is 0 Å². The first-order chi connectivity index (χ1) is 3.77. The van der Waals surface area contributed by atoms with Gasteiger partial charge in [-0.15, -0.1) is 0 Å². The largest absolute Gasteiger partial charge is 0.394 e. The molecule has 1 aliphatic rings. The third kappa shape index (κ3) is 0.992. The van der Waals surface area contributed by atoms with Gasteiger partial charge in [-0.3, -0.25) is 0 Å². The second kappa shape index (κ2) is 2.01. The van der Waals surface area contributed by atoms with Gasteiger partial charge < -0.3 is 16.2 Å². The molecule has 1 fully saturated rings. The van der Waals surface area contributed by atoms with Crippen LogP contribution in [0.2, 0.25) is 0 Å². The molecule has 0 aliphatic carbocycles. The summed E-state index contributed by atoms with van der Waals surface area (Å²) >= 11 is 0. The number of rotatable bonds is 1. The van der Waals surface area contributed by atoms with Crippen LogP contribution in [0.3, 0.4) is 0 Å². The lowest BCUT2D eigenvalue weighted by Crippen LogP contribution is -2.45. The summed E-state index contributed by atoms with van der Waals surface area (Å²) in [6.45, 7) is 1.79. The molecule has 1 atom stereocenters. The van der Waals surface area contributed by atoms with Crippen molar-refractivity contribution < 1.29 is 5.11 Å². The van der Waals surface area contributed by atoms with Crippen LogP contribution in [0, 0.1) is 0 Å². The molecule has 0 radical (unpaired) electrons. The number of aliphatic hydroxyl groups is 1. The highest BCUT2D eigenvalue weighted by Gasteiger charge is 2.27. The lowest BCUT2D eigenvalue weighted by molar-refractivity contribution is 0.209. The molecule has 0 aromatic heterocycles. The Morgan fingerprint density at radius 1 is 1.75 bits per heavy atom. The Morgan fingerprint density at radius 2 is 2.50 bits per heavy atom. The molecule has 1 heterocycles. The smallest absolute Gasteiger partial charge is 0.0624 e. The Morgan fingerprint density at radius 3 is 2.75 bits per heavy atom. The first-order valence-electron chi connectivity index (χ1n) is 2.87. The zero-order valence-corrected chi connectivity index (χ0v) is 4.85. The summed E-state index contributed by atoms with van der Waals surface area (Å²) in [6.07, 6.45) is 0.892. The number of nitrogens with one attached hydrogen (secondary N) is 1. The van der Waals surface area contributed by atoms with E-state index in [9.17, 15) is 0 Å². The fraction of sp³-hybridized carbons (Fsp3) is 1.00. The van der Waals surface area contributed by atoms with E-state index in [-0.39, 0.29) is 12.1 Å². The van der Waals surface area contributed by atoms with E-state index in [0.29, 0.717) is 0 Å². The number of hydrogen-bond donors (Lipinski definition) is 3. The first kappa shape index (κ1) is 6.01. The van der Waals surface area contributed by atoms with Crippen LogP contribution in [-0.2, 0) is 0 Å². The van der Waals surface area contributed by atoms with Crippen LogP contribution in [0.4, 0.5) is 0 Å². The average molecular weight is 116 g/mol. The minimum absolute atomic E-state index is 0.0972. The topological polar surface area (TPSA) is 58.3 Å². The van der Waals surface area contributed by atoms with Crippen molar-refractivity contribution in [3.8, 4) is 0 Å². The molecule has 0 amide bonds. The maximum Gasteiger partial charge on any atom is 0.0624 e. The molecule has 1 saturated heterocycles. The van der Waals surface area contributed by atoms with E-state index in [1.54, 1.807) is 0 Å². The molecule has 0 saturated carbocycles. The summed E-state index contributed by atoms with van der Waals surface area (Å²) in [7, 11) is 0. The van der Waals surface area contributed by atoms with Crippen molar-refractivity contribution in [2.24, 2.45) is 5.73 Å². The lowest BCUT2D eigenvalue weighted by atomic mass is 10.0. The molecule has 8 heavy (non-hydrogen) atoms. The Bertz CT molecular complexity index is 78.5. The quantitative estimate of drug-likeness (QED) is 0.398. The van der Waals surface area contributed by atoms with E-state index < -0.39 is 0 Å². The van der Waals surface area contributed by atoms with E-state index in [0.717, 1.165) is 19.5 Å². The van der Waals surface area contributed by atoms with Gasteiger partial charge in [0.2, 0.25) is 0 Å². The Hall–Kier alpha value is -0.120. The molecule has 48 valence electrons. The first-order valence-corrected chi connectivity index (χ1v) is 2.87. The van der Waals surface area contributed by atoms with Crippen LogP contribution in [0.5, 0.6) is 0 Å². The molecule has 0 bridgehead atoms. The van der Waals surface area contributed by atoms with Crippen molar-refractivity contribution in [2.75, 3.05) is 19.7 Å². The number of aliphatic hydroxyl groups excluding tert-OH is 1. The van der Waals surface area contributed by atoms with Crippen LogP contribution < -0.4 is 11.1 Å². The monoisotopic (exact) mass is 116 g/mol. The highest BCUT2D eigenvalue weighted by Crippen LogP contribution is 2.08. The van der Waals surface area contributed by atoms with Crippen LogP contribution in [-0.4, -0.2) is 30.3 Å². The predicted molar refractivity (Wildman–Crippen MR) is 31.5 cm³/mol. The van der Waals surface area contributed by atoms with Gasteiger partial charge in [0, 0.05) is 6.54 Å². The average Bonchev–Trinajstić information content (AvgIpc) is 2.17. The van der Waals surface area contributed by atoms with Crippen LogP contribution in [0.25, 0.3) is 0 Å². The predicted octanol–water partition coefficient (Wildman–Crippen LogP) is -1.33. The molecule has 4 N–H and O–H groups in total. The molecule has 1 aliphatic heterocycles. The van der Waals surface area contributed by atoms with Crippen LogP contribution >= 0.6 is 0 Å². The Kier molecular flexibility index (Phi) is 1.51. The van der Waals surface area contributed by atoms with Gasteiger partial charge in [0.05, 0.1) is 12.1 Å². The Balaban J connectivity index is 2.40. The van der Waals surface area contributed by atoms with Crippen LogP contribution in [0.1, 0.15) is 6.42 Å². The molecule has 0 unspecified atom stereocenters. The zero-order chi connectivity index (χ0) is 6.04. The second-order valence-corrected chi connectivity index (χ2v) is 2.45. The highest BCUT2D eigenvalue weighted by atomic mass is 16.3. The van der Waals surface area contributed by atoms with Gasteiger partial charge in [0.25, 0.3) is 0 Å². The van der Waals surface area contributed by atoms with E-state index >= 15 is 0 Å². The summed E-state index contributed by atoms with van der Waals surface area (Å²) in [5.74, 6) is 0. The summed E-state index contributed by atoms with van der Waals surface area (Å²) < 4.78 is 0. The molecule has 3 heteroatoms. The van der Waals surface area contributed by atoms with Crippen molar-refractivity contribution in [3.05, 3.63) is 0 Å². The van der Waals surface area contributed by atoms with Gasteiger partial charge >= 0.3 is 0 Å². The van der Waals surface area contributed by atoms with E-state index in [1.807, 2.05) is 0 Å². The minimum atomic E-state index is -0.319. The van der Waals surface area contributed by atoms with E-state index in [2.05, 4.69) is 5.32 Å². The second-order valence-electron chi connectivity index (χ2n) is 2.45. The fourth-order valence-electron chi connectivity index (χ4n) is 0.898. The Labute approximate surface area is 48.9 Å². The van der Waals surface area contributed by atoms with Crippen molar-refractivity contribution in [1.82, 2.24) is 5.32 Å². The lowest BCUT2D eigenvalue weighted by Gasteiger charge is -2.17. The van der Waals surface area contributed by atoms with Gasteiger partial charge in [0.1, 0.15) is 0 Å². The number of hydrogen-bond acceptors (Lipinski definition) is 3. The molecule has 3 nitrogen and oxygen atoms in total. The van der Waals surface area contributed by atoms with E-state index in [4.69, 9.17) is 10.8 Å². The fourth-order valence-corrected chi connectivity index (χ4v) is 0.898. The molecular weight excluding hydrogens is 104 g/mol. The van der Waals surface area contributed by atoms with Gasteiger partial charge in [-0.1, -0.05) is 0 Å². The number of nitrogens with two attached hydrogens (primary N) is 1. The normalized spacial score (nSPS) is 38.2. The van der Waals surface area contributed by atoms with Gasteiger partial charge in [-0.25, -0.2) is 0 Å². The molecular formula is C5H12N2O. The summed E-state index contributed by atoms with van der Waals surface area (Å²) in [6, 6.07) is 0. The molecule has 0 aromatic carbocycles. The summed E-state index contributed by atoms with van der Waals surface area (Å²) in [5, 5.41) is 11.7. The van der Waals surface area contributed by atoms with Crippen molar-refractivity contribution in [2.45, 2.75) is 12.0 Å². The van der Waals surface area contributed by atoms with Crippen molar-refractivity contribution in [3.63, 3.8) is 0 Å². The maximum atomic E-state index is 8.66. The third-order valence-electron chi connectivity index (χ3n) is 1.59. The minimum Gasteiger partial charge on any atom is -0.394 e. The standard InChI is InChI=1S/C5H12N2O/c6-5(4-8)1-2-7-3-5/h7-8H,1-4,6H2/t5-/m0/s1. The summed E-state index contributed by atoms with van der Waals surface area (Å²) in [4.78, 5) is 0. The summed E-state index contributed by atoms with van der Waals surface area (Å²) in [5.41, 5.74) is 5.33. The molecule has 0 aromatic rings. The SMILES string of the molecule is N[C@@]1(CO)CCNC1. The van der Waals surface area contributed by atoms with Crippen molar-refractivity contribution in [1.29, 1.82) is 0 Å². The van der Waals surface area contributed by atoms with Crippen molar-refractivity contribution >= 4 is 0 Å². The van der Waals surface area contributed by atoms with Gasteiger partial charge in [0.15, 0.2) is 0 Å². The maximum absolute atomic E-state index is 8.66.